The summed E-state index contributed by atoms with van der Waals surface area (Å²) in [5.41, 5.74) is 2.68. The molecule has 188 valence electrons. The van der Waals surface area contributed by atoms with Crippen LogP contribution in [0.1, 0.15) is 49.1 Å². The molecular weight excluding hydrogens is 454 g/mol. The molecule has 2 aliphatic heterocycles. The highest BCUT2D eigenvalue weighted by atomic mass is 16.5. The number of amides is 3. The molecule has 5 rings (SSSR count). The van der Waals surface area contributed by atoms with Crippen molar-refractivity contribution in [3.63, 3.8) is 0 Å². The minimum absolute atomic E-state index is 0.00275. The largest absolute Gasteiger partial charge is 0.497 e. The van der Waals surface area contributed by atoms with Crippen molar-refractivity contribution in [3.8, 4) is 17.6 Å². The first-order valence-corrected chi connectivity index (χ1v) is 12.8. The van der Waals surface area contributed by atoms with Crippen molar-refractivity contribution in [2.24, 2.45) is 5.92 Å². The summed E-state index contributed by atoms with van der Waals surface area (Å²) in [6, 6.07) is 14.5. The molecule has 2 aromatic rings. The molecule has 2 N–H and O–H groups in total. The summed E-state index contributed by atoms with van der Waals surface area (Å²) in [7, 11) is 1.59. The fourth-order valence-electron chi connectivity index (χ4n) is 5.83. The van der Waals surface area contributed by atoms with Gasteiger partial charge in [0.1, 0.15) is 12.3 Å². The molecule has 2 saturated heterocycles. The second-order valence-corrected chi connectivity index (χ2v) is 9.96. The molecule has 0 unspecified atom stereocenters. The number of rotatable bonds is 5. The van der Waals surface area contributed by atoms with Crippen LogP contribution in [0.5, 0.6) is 5.75 Å². The number of aliphatic hydroxyl groups excluding tert-OH is 1. The Morgan fingerprint density at radius 2 is 1.83 bits per heavy atom. The molecule has 7 nitrogen and oxygen atoms in total. The molecule has 7 heteroatoms. The van der Waals surface area contributed by atoms with Crippen LogP contribution >= 0.6 is 0 Å². The van der Waals surface area contributed by atoms with E-state index in [1.807, 2.05) is 24.3 Å². The number of ether oxygens (including phenoxy) is 1. The van der Waals surface area contributed by atoms with Crippen molar-refractivity contribution in [2.45, 2.75) is 50.1 Å². The maximum Gasteiger partial charge on any atom is 0.322 e. The molecule has 1 saturated carbocycles. The molecule has 1 aliphatic carbocycles. The minimum Gasteiger partial charge on any atom is -0.497 e. The summed E-state index contributed by atoms with van der Waals surface area (Å²) < 4.78 is 5.16. The molecular formula is C29H33N3O4. The standard InChI is InChI=1S/C29H33N3O4/c1-36-24-15-13-23(14-16-24)30-29(35)31-17-25-28(26(19-33)32(25)27(34)18-31)22-11-9-21(10-12-22)8-4-7-20-5-2-3-6-20/h9-16,20,25-26,28,33H,2-3,5-7,17-19H2,1H3,(H,30,35)/t25-,26+,28+/m0/s1. The van der Waals surface area contributed by atoms with Crippen LogP contribution in [0.4, 0.5) is 10.5 Å². The van der Waals surface area contributed by atoms with Gasteiger partial charge in [0.2, 0.25) is 5.91 Å². The third-order valence-corrected chi connectivity index (χ3v) is 7.77. The van der Waals surface area contributed by atoms with E-state index in [9.17, 15) is 14.7 Å². The van der Waals surface area contributed by atoms with Gasteiger partial charge in [0, 0.05) is 30.1 Å². The molecule has 3 aliphatic rings. The molecule has 36 heavy (non-hydrogen) atoms. The van der Waals surface area contributed by atoms with E-state index >= 15 is 0 Å². The maximum atomic E-state index is 12.9. The van der Waals surface area contributed by atoms with E-state index in [2.05, 4.69) is 17.2 Å². The number of hydrogen-bond acceptors (Lipinski definition) is 4. The third-order valence-electron chi connectivity index (χ3n) is 7.77. The highest BCUT2D eigenvalue weighted by molar-refractivity contribution is 5.93. The van der Waals surface area contributed by atoms with Crippen molar-refractivity contribution < 1.29 is 19.4 Å². The number of aliphatic hydroxyl groups is 1. The lowest BCUT2D eigenvalue weighted by Crippen LogP contribution is -2.73. The number of anilines is 1. The highest BCUT2D eigenvalue weighted by Gasteiger charge is 2.54. The molecule has 3 fully saturated rings. The van der Waals surface area contributed by atoms with Gasteiger partial charge < -0.3 is 25.0 Å². The monoisotopic (exact) mass is 487 g/mol. The molecule has 3 atom stereocenters. The Morgan fingerprint density at radius 1 is 1.11 bits per heavy atom. The fraction of sp³-hybridized carbons (Fsp3) is 0.448. The number of urea groups is 1. The fourth-order valence-corrected chi connectivity index (χ4v) is 5.83. The average molecular weight is 488 g/mol. The lowest BCUT2D eigenvalue weighted by molar-refractivity contribution is -0.159. The van der Waals surface area contributed by atoms with Gasteiger partial charge in [-0.25, -0.2) is 4.79 Å². The number of nitrogens with one attached hydrogen (secondary N) is 1. The van der Waals surface area contributed by atoms with Crippen LogP contribution in [0.25, 0.3) is 0 Å². The SMILES string of the molecule is COc1ccc(NC(=O)N2CC(=O)N3[C@H](CO)[C@H](c4ccc(C#CCC5CCCC5)cc4)[C@@H]3C2)cc1. The molecule has 0 aromatic heterocycles. The summed E-state index contributed by atoms with van der Waals surface area (Å²) in [6.45, 7) is 0.308. The van der Waals surface area contributed by atoms with Crippen molar-refractivity contribution in [2.75, 3.05) is 32.1 Å². The highest BCUT2D eigenvalue weighted by Crippen LogP contribution is 2.43. The van der Waals surface area contributed by atoms with E-state index in [4.69, 9.17) is 4.74 Å². The van der Waals surface area contributed by atoms with Gasteiger partial charge in [0.15, 0.2) is 0 Å². The predicted octanol–water partition coefficient (Wildman–Crippen LogP) is 3.83. The Balaban J connectivity index is 1.25. The van der Waals surface area contributed by atoms with Crippen LogP contribution in [0.2, 0.25) is 0 Å². The zero-order valence-electron chi connectivity index (χ0n) is 20.7. The summed E-state index contributed by atoms with van der Waals surface area (Å²) in [5.74, 6) is 7.90. The Bertz CT molecular complexity index is 1150. The van der Waals surface area contributed by atoms with Gasteiger partial charge in [-0.2, -0.15) is 0 Å². The number of carbonyl (C=O) groups excluding carboxylic acids is 2. The van der Waals surface area contributed by atoms with Gasteiger partial charge >= 0.3 is 6.03 Å². The van der Waals surface area contributed by atoms with Gasteiger partial charge in [-0.1, -0.05) is 36.8 Å². The van der Waals surface area contributed by atoms with Crippen LogP contribution < -0.4 is 10.1 Å². The lowest BCUT2D eigenvalue weighted by Gasteiger charge is -2.58. The molecule has 2 aromatic carbocycles. The number of benzene rings is 2. The Morgan fingerprint density at radius 3 is 2.50 bits per heavy atom. The van der Waals surface area contributed by atoms with Crippen LogP contribution in [0.15, 0.2) is 48.5 Å². The van der Waals surface area contributed by atoms with Gasteiger partial charge in [0.25, 0.3) is 0 Å². The second-order valence-electron chi connectivity index (χ2n) is 9.96. The summed E-state index contributed by atoms with van der Waals surface area (Å²) in [6.07, 6.45) is 6.21. The van der Waals surface area contributed by atoms with Gasteiger partial charge in [0.05, 0.1) is 25.8 Å². The lowest BCUT2D eigenvalue weighted by atomic mass is 9.73. The van der Waals surface area contributed by atoms with Crippen molar-refractivity contribution in [1.29, 1.82) is 0 Å². The van der Waals surface area contributed by atoms with E-state index in [1.54, 1.807) is 41.2 Å². The predicted molar refractivity (Wildman–Crippen MR) is 138 cm³/mol. The smallest absolute Gasteiger partial charge is 0.322 e. The van der Waals surface area contributed by atoms with Gasteiger partial charge in [-0.15, -0.1) is 0 Å². The van der Waals surface area contributed by atoms with Crippen LogP contribution in [0.3, 0.4) is 0 Å². The zero-order valence-corrected chi connectivity index (χ0v) is 20.7. The minimum atomic E-state index is -0.313. The van der Waals surface area contributed by atoms with E-state index in [-0.39, 0.29) is 43.1 Å². The molecule has 3 amide bonds. The van der Waals surface area contributed by atoms with Gasteiger partial charge in [-0.05, 0) is 60.7 Å². The molecule has 2 heterocycles. The van der Waals surface area contributed by atoms with Crippen molar-refractivity contribution in [3.05, 3.63) is 59.7 Å². The number of carbonyl (C=O) groups is 2. The van der Waals surface area contributed by atoms with E-state index in [0.717, 1.165) is 23.5 Å². The zero-order chi connectivity index (χ0) is 25.1. The Labute approximate surface area is 212 Å². The van der Waals surface area contributed by atoms with E-state index in [0.29, 0.717) is 18.0 Å². The molecule has 0 radical (unpaired) electrons. The van der Waals surface area contributed by atoms with E-state index < -0.39 is 0 Å². The van der Waals surface area contributed by atoms with Crippen LogP contribution in [0, 0.1) is 17.8 Å². The first-order valence-electron chi connectivity index (χ1n) is 12.8. The quantitative estimate of drug-likeness (QED) is 0.628. The first kappa shape index (κ1) is 24.2. The normalized spacial score (nSPS) is 23.4. The van der Waals surface area contributed by atoms with Gasteiger partial charge in [-0.3, -0.25) is 4.79 Å². The summed E-state index contributed by atoms with van der Waals surface area (Å²) in [4.78, 5) is 29.1. The summed E-state index contributed by atoms with van der Waals surface area (Å²) in [5, 5.41) is 12.9. The van der Waals surface area contributed by atoms with Crippen molar-refractivity contribution in [1.82, 2.24) is 9.80 Å². The molecule has 0 spiro atoms. The Kier molecular flexibility index (Phi) is 7.15. The number of piperazine rings is 1. The van der Waals surface area contributed by atoms with Crippen LogP contribution in [-0.4, -0.2) is 65.7 Å². The Hall–Kier alpha value is -3.50. The third kappa shape index (κ3) is 4.91. The van der Waals surface area contributed by atoms with Crippen molar-refractivity contribution >= 4 is 17.6 Å². The number of fused-ring (bicyclic) bond motifs is 1. The van der Waals surface area contributed by atoms with Crippen LogP contribution in [-0.2, 0) is 4.79 Å². The number of methoxy groups -OCH3 is 1. The number of nitrogens with zero attached hydrogens (tertiary/aromatic N) is 2. The second kappa shape index (κ2) is 10.6. The van der Waals surface area contributed by atoms with E-state index in [1.165, 1.54) is 25.7 Å². The molecule has 0 bridgehead atoms. The average Bonchev–Trinajstić information content (AvgIpc) is 3.40. The summed E-state index contributed by atoms with van der Waals surface area (Å²) >= 11 is 0. The number of hydrogen-bond donors (Lipinski definition) is 2. The maximum absolute atomic E-state index is 12.9. The first-order chi connectivity index (χ1) is 17.6. The topological polar surface area (TPSA) is 82.1 Å².